The molecule has 0 aliphatic rings. The molecule has 0 heterocycles. The molecule has 0 rings (SSSR count). The lowest BCUT2D eigenvalue weighted by atomic mass is 10.3. The van der Waals surface area contributed by atoms with E-state index in [-0.39, 0.29) is 0 Å². The minimum absolute atomic E-state index is 0.599. The second-order valence-corrected chi connectivity index (χ2v) is 3.39. The molecule has 0 radical (unpaired) electrons. The molecule has 0 spiro atoms. The van der Waals surface area contributed by atoms with E-state index >= 15 is 0 Å². The second-order valence-electron chi connectivity index (χ2n) is 2.23. The van der Waals surface area contributed by atoms with E-state index in [4.69, 9.17) is 5.11 Å². The van der Waals surface area contributed by atoms with Gasteiger partial charge in [-0.2, -0.15) is 0 Å². The summed E-state index contributed by atoms with van der Waals surface area (Å²) in [5.74, 6) is -0.770. The predicted molar refractivity (Wildman–Crippen MR) is 44.5 cm³/mol. The molecule has 66 valence electrons. The van der Waals surface area contributed by atoms with Gasteiger partial charge in [0.05, 0.1) is 0 Å². The number of alkyl halides is 1. The summed E-state index contributed by atoms with van der Waals surface area (Å²) in [6.07, 6.45) is 3.01. The zero-order chi connectivity index (χ0) is 8.69. The summed E-state index contributed by atoms with van der Waals surface area (Å²) in [6.45, 7) is 2.05. The van der Waals surface area contributed by atoms with Crippen LogP contribution in [0.3, 0.4) is 0 Å². The number of thioether (sulfide) groups is 1. The fourth-order valence-corrected chi connectivity index (χ4v) is 1.33. The Hall–Kier alpha value is -0.250. The summed E-state index contributed by atoms with van der Waals surface area (Å²) in [5.41, 5.74) is -1.74. The van der Waals surface area contributed by atoms with Gasteiger partial charge in [0.1, 0.15) is 0 Å². The molecular formula is C7H13FO2S. The summed E-state index contributed by atoms with van der Waals surface area (Å²) >= 11 is 0.858. The van der Waals surface area contributed by atoms with Gasteiger partial charge < -0.3 is 5.11 Å². The average molecular weight is 180 g/mol. The molecule has 0 aliphatic heterocycles. The van der Waals surface area contributed by atoms with Crippen LogP contribution in [0, 0.1) is 0 Å². The van der Waals surface area contributed by atoms with Crippen molar-refractivity contribution in [1.29, 1.82) is 0 Å². The van der Waals surface area contributed by atoms with Crippen LogP contribution in [-0.4, -0.2) is 22.3 Å². The van der Waals surface area contributed by atoms with Crippen molar-refractivity contribution in [3.8, 4) is 0 Å². The minimum atomic E-state index is -1.74. The van der Waals surface area contributed by atoms with E-state index in [1.165, 1.54) is 0 Å². The lowest BCUT2D eigenvalue weighted by molar-refractivity contribution is -0.139. The number of unbranched alkanes of at least 4 members (excludes halogenated alkanes) is 2. The number of halogens is 1. The molecule has 0 amide bonds. The number of carbonyl (C=O) groups is 1. The van der Waals surface area contributed by atoms with Crippen molar-refractivity contribution in [3.63, 3.8) is 0 Å². The molecule has 0 fully saturated rings. The fourth-order valence-electron chi connectivity index (χ4n) is 0.610. The van der Waals surface area contributed by atoms with Gasteiger partial charge in [-0.15, -0.1) is 11.8 Å². The molecule has 0 aromatic carbocycles. The van der Waals surface area contributed by atoms with Crippen molar-refractivity contribution in [2.45, 2.75) is 31.7 Å². The molecule has 0 saturated carbocycles. The number of carboxylic acids is 1. The van der Waals surface area contributed by atoms with Gasteiger partial charge in [0, 0.05) is 0 Å². The van der Waals surface area contributed by atoms with E-state index in [0.29, 0.717) is 5.75 Å². The van der Waals surface area contributed by atoms with Gasteiger partial charge in [-0.3, -0.25) is 0 Å². The van der Waals surface area contributed by atoms with Gasteiger partial charge in [-0.25, -0.2) is 9.18 Å². The quantitative estimate of drug-likeness (QED) is 0.637. The molecule has 0 bridgehead atoms. The van der Waals surface area contributed by atoms with Gasteiger partial charge in [0.15, 0.2) is 0 Å². The minimum Gasteiger partial charge on any atom is -0.478 e. The number of hydrogen-bond donors (Lipinski definition) is 1. The Morgan fingerprint density at radius 3 is 2.73 bits per heavy atom. The standard InChI is InChI=1S/C7H13FO2S/c1-2-3-4-5-11-6(8)7(9)10/h6H,2-5H2,1H3,(H,9,10). The van der Waals surface area contributed by atoms with E-state index < -0.39 is 11.5 Å². The summed E-state index contributed by atoms with van der Waals surface area (Å²) < 4.78 is 12.3. The monoisotopic (exact) mass is 180 g/mol. The molecule has 0 saturated heterocycles. The maximum atomic E-state index is 12.3. The van der Waals surface area contributed by atoms with Crippen molar-refractivity contribution in [2.75, 3.05) is 5.75 Å². The van der Waals surface area contributed by atoms with Crippen molar-refractivity contribution >= 4 is 17.7 Å². The molecule has 1 N–H and O–H groups in total. The van der Waals surface area contributed by atoms with Crippen molar-refractivity contribution in [1.82, 2.24) is 0 Å². The van der Waals surface area contributed by atoms with Crippen LogP contribution in [0.2, 0.25) is 0 Å². The van der Waals surface area contributed by atoms with Gasteiger partial charge in [-0.05, 0) is 12.2 Å². The summed E-state index contributed by atoms with van der Waals surface area (Å²) in [5, 5.41) is 8.14. The first-order chi connectivity index (χ1) is 5.18. The zero-order valence-corrected chi connectivity index (χ0v) is 7.36. The van der Waals surface area contributed by atoms with Crippen LogP contribution in [0.1, 0.15) is 26.2 Å². The van der Waals surface area contributed by atoms with Crippen LogP contribution < -0.4 is 0 Å². The Bertz CT molecular complexity index is 119. The summed E-state index contributed by atoms with van der Waals surface area (Å²) in [4.78, 5) is 9.97. The highest BCUT2D eigenvalue weighted by Crippen LogP contribution is 2.14. The first-order valence-electron chi connectivity index (χ1n) is 3.67. The highest BCUT2D eigenvalue weighted by Gasteiger charge is 2.14. The van der Waals surface area contributed by atoms with Gasteiger partial charge in [0.2, 0.25) is 5.50 Å². The van der Waals surface area contributed by atoms with Crippen molar-refractivity contribution < 1.29 is 14.3 Å². The van der Waals surface area contributed by atoms with E-state index in [0.717, 1.165) is 31.0 Å². The van der Waals surface area contributed by atoms with Gasteiger partial charge in [0.25, 0.3) is 0 Å². The Kier molecular flexibility index (Phi) is 6.31. The van der Waals surface area contributed by atoms with E-state index in [2.05, 4.69) is 6.92 Å². The van der Waals surface area contributed by atoms with Crippen molar-refractivity contribution in [2.24, 2.45) is 0 Å². The Labute approximate surface area is 70.2 Å². The normalized spacial score (nSPS) is 12.9. The molecular weight excluding hydrogens is 167 g/mol. The smallest absolute Gasteiger partial charge is 0.348 e. The number of carboxylic acid groups (broad SMARTS) is 1. The van der Waals surface area contributed by atoms with E-state index in [9.17, 15) is 9.18 Å². The molecule has 11 heavy (non-hydrogen) atoms. The lowest BCUT2D eigenvalue weighted by Gasteiger charge is -2.01. The fraction of sp³-hybridized carbons (Fsp3) is 0.857. The number of hydrogen-bond acceptors (Lipinski definition) is 2. The van der Waals surface area contributed by atoms with E-state index in [1.807, 2.05) is 0 Å². The first-order valence-corrected chi connectivity index (χ1v) is 4.71. The molecule has 2 nitrogen and oxygen atoms in total. The van der Waals surface area contributed by atoms with Crippen LogP contribution in [0.15, 0.2) is 0 Å². The largest absolute Gasteiger partial charge is 0.478 e. The lowest BCUT2D eigenvalue weighted by Crippen LogP contribution is -2.10. The Morgan fingerprint density at radius 1 is 1.64 bits per heavy atom. The maximum absolute atomic E-state index is 12.3. The average Bonchev–Trinajstić information content (AvgIpc) is 1.97. The predicted octanol–water partition coefficient (Wildman–Crippen LogP) is 2.29. The highest BCUT2D eigenvalue weighted by molar-refractivity contribution is 8.00. The van der Waals surface area contributed by atoms with Crippen molar-refractivity contribution in [3.05, 3.63) is 0 Å². The topological polar surface area (TPSA) is 37.3 Å². The second kappa shape index (κ2) is 6.46. The number of aliphatic carboxylic acids is 1. The molecule has 1 atom stereocenters. The summed E-state index contributed by atoms with van der Waals surface area (Å²) in [7, 11) is 0. The molecule has 0 aliphatic carbocycles. The van der Waals surface area contributed by atoms with E-state index in [1.54, 1.807) is 0 Å². The first kappa shape index (κ1) is 10.8. The maximum Gasteiger partial charge on any atom is 0.348 e. The van der Waals surface area contributed by atoms with Gasteiger partial charge in [-0.1, -0.05) is 19.8 Å². The molecule has 4 heteroatoms. The van der Waals surface area contributed by atoms with Crippen LogP contribution in [-0.2, 0) is 4.79 Å². The van der Waals surface area contributed by atoms with Gasteiger partial charge >= 0.3 is 5.97 Å². The summed E-state index contributed by atoms with van der Waals surface area (Å²) in [6, 6.07) is 0. The number of rotatable bonds is 6. The van der Waals surface area contributed by atoms with Crippen LogP contribution in [0.5, 0.6) is 0 Å². The molecule has 0 aromatic heterocycles. The van der Waals surface area contributed by atoms with Crippen LogP contribution in [0.25, 0.3) is 0 Å². The third-order valence-corrected chi connectivity index (χ3v) is 2.22. The SMILES string of the molecule is CCCCCSC(F)C(=O)O. The van der Waals surface area contributed by atoms with Crippen LogP contribution >= 0.6 is 11.8 Å². The third kappa shape index (κ3) is 6.16. The molecule has 0 aromatic rings. The highest BCUT2D eigenvalue weighted by atomic mass is 32.2. The Morgan fingerprint density at radius 2 is 2.27 bits per heavy atom. The third-order valence-electron chi connectivity index (χ3n) is 1.21. The Balaban J connectivity index is 3.17. The van der Waals surface area contributed by atoms with Crippen LogP contribution in [0.4, 0.5) is 4.39 Å². The molecule has 1 unspecified atom stereocenters. The zero-order valence-electron chi connectivity index (χ0n) is 6.55.